The summed E-state index contributed by atoms with van der Waals surface area (Å²) in [5, 5.41) is 6.55. The molecule has 2 aromatic rings. The quantitative estimate of drug-likeness (QED) is 0.646. The van der Waals surface area contributed by atoms with Crippen molar-refractivity contribution in [3.63, 3.8) is 0 Å². The highest BCUT2D eigenvalue weighted by atomic mass is 16.5. The Balaban J connectivity index is 2.76. The smallest absolute Gasteiger partial charge is 0.278 e. The molecule has 5 heteroatoms. The molecule has 1 N–H and O–H groups in total. The zero-order chi connectivity index (χ0) is 7.68. The maximum atomic E-state index is 4.85. The molecule has 0 aliphatic heterocycles. The molecule has 2 heterocycles. The van der Waals surface area contributed by atoms with Crippen LogP contribution in [0.4, 0.5) is 5.82 Å². The summed E-state index contributed by atoms with van der Waals surface area (Å²) < 4.78 is 4.85. The lowest BCUT2D eigenvalue weighted by molar-refractivity contribution is 0.452. The van der Waals surface area contributed by atoms with Gasteiger partial charge in [0.2, 0.25) is 0 Å². The lowest BCUT2D eigenvalue weighted by Gasteiger charge is -1.87. The van der Waals surface area contributed by atoms with Gasteiger partial charge in [-0.1, -0.05) is 5.16 Å². The van der Waals surface area contributed by atoms with E-state index in [1.807, 2.05) is 0 Å². The van der Waals surface area contributed by atoms with E-state index in [9.17, 15) is 0 Å². The minimum Gasteiger partial charge on any atom is -0.368 e. The largest absolute Gasteiger partial charge is 0.368 e. The third kappa shape index (κ3) is 0.813. The second-order valence-corrected chi connectivity index (χ2v) is 1.99. The minimum atomic E-state index is 0.455. The molecule has 2 rings (SSSR count). The monoisotopic (exact) mass is 150 g/mol. The van der Waals surface area contributed by atoms with Crippen LogP contribution < -0.4 is 5.32 Å². The van der Waals surface area contributed by atoms with Crippen molar-refractivity contribution >= 4 is 17.0 Å². The van der Waals surface area contributed by atoms with Gasteiger partial charge in [-0.2, -0.15) is 0 Å². The van der Waals surface area contributed by atoms with Gasteiger partial charge < -0.3 is 9.84 Å². The van der Waals surface area contributed by atoms with Crippen molar-refractivity contribution in [1.82, 2.24) is 15.1 Å². The van der Waals surface area contributed by atoms with Crippen LogP contribution in [0.1, 0.15) is 0 Å². The molecule has 2 aromatic heterocycles. The fraction of sp³-hybridized carbons (Fsp3) is 0.167. The van der Waals surface area contributed by atoms with E-state index < -0.39 is 0 Å². The molecule has 0 bridgehead atoms. The van der Waals surface area contributed by atoms with E-state index in [4.69, 9.17) is 4.52 Å². The third-order valence-electron chi connectivity index (χ3n) is 1.35. The van der Waals surface area contributed by atoms with Gasteiger partial charge in [-0.05, 0) is 0 Å². The molecule has 11 heavy (non-hydrogen) atoms. The second-order valence-electron chi connectivity index (χ2n) is 1.99. The molecule has 0 aliphatic carbocycles. The van der Waals surface area contributed by atoms with Crippen molar-refractivity contribution in [2.45, 2.75) is 0 Å². The fourth-order valence-corrected chi connectivity index (χ4v) is 0.851. The molecule has 0 unspecified atom stereocenters. The molecular weight excluding hydrogens is 144 g/mol. The predicted octanol–water partition coefficient (Wildman–Crippen LogP) is 0.659. The van der Waals surface area contributed by atoms with E-state index >= 15 is 0 Å². The molecular formula is C6H6N4O. The van der Waals surface area contributed by atoms with E-state index in [1.165, 1.54) is 0 Å². The number of aromatic nitrogens is 3. The molecule has 0 saturated carbocycles. The first-order valence-corrected chi connectivity index (χ1v) is 3.16. The van der Waals surface area contributed by atoms with Crippen LogP contribution in [-0.4, -0.2) is 22.2 Å². The van der Waals surface area contributed by atoms with Crippen LogP contribution in [0.2, 0.25) is 0 Å². The van der Waals surface area contributed by atoms with Crippen LogP contribution in [0.5, 0.6) is 0 Å². The molecule has 56 valence electrons. The molecule has 0 spiro atoms. The van der Waals surface area contributed by atoms with Gasteiger partial charge in [0.1, 0.15) is 0 Å². The second kappa shape index (κ2) is 2.19. The molecule has 0 radical (unpaired) electrons. The molecule has 0 amide bonds. The Labute approximate surface area is 62.4 Å². The van der Waals surface area contributed by atoms with Crippen LogP contribution in [0.15, 0.2) is 16.9 Å². The summed E-state index contributed by atoms with van der Waals surface area (Å²) in [7, 11) is 1.76. The normalized spacial score (nSPS) is 10.3. The van der Waals surface area contributed by atoms with Crippen molar-refractivity contribution in [2.75, 3.05) is 12.4 Å². The Bertz CT molecular complexity index is 369. The van der Waals surface area contributed by atoms with Crippen LogP contribution in [0.25, 0.3) is 11.2 Å². The van der Waals surface area contributed by atoms with E-state index in [0.29, 0.717) is 17.0 Å². The van der Waals surface area contributed by atoms with Gasteiger partial charge in [0.05, 0.1) is 0 Å². The standard InChI is InChI=1S/C6H6N4O/c1-7-5-4-6(11-10-5)9-3-2-8-4/h2-3H,1H3,(H,7,10). The van der Waals surface area contributed by atoms with Crippen molar-refractivity contribution < 1.29 is 4.52 Å². The first-order chi connectivity index (χ1) is 5.42. The van der Waals surface area contributed by atoms with Gasteiger partial charge in [-0.25, -0.2) is 9.97 Å². The summed E-state index contributed by atoms with van der Waals surface area (Å²) in [6.45, 7) is 0. The first-order valence-electron chi connectivity index (χ1n) is 3.16. The fourth-order valence-electron chi connectivity index (χ4n) is 0.851. The van der Waals surface area contributed by atoms with Crippen LogP contribution in [0, 0.1) is 0 Å². The molecule has 0 atom stereocenters. The Morgan fingerprint density at radius 1 is 1.36 bits per heavy atom. The number of hydrogen-bond acceptors (Lipinski definition) is 5. The lowest BCUT2D eigenvalue weighted by atomic mass is 10.5. The summed E-state index contributed by atoms with van der Waals surface area (Å²) in [6, 6.07) is 0. The number of rotatable bonds is 1. The molecule has 0 aliphatic rings. The molecule has 0 aromatic carbocycles. The summed E-state index contributed by atoms with van der Waals surface area (Å²) in [5.41, 5.74) is 1.12. The number of fused-ring (bicyclic) bond motifs is 1. The average molecular weight is 150 g/mol. The van der Waals surface area contributed by atoms with Crippen molar-refractivity contribution in [3.8, 4) is 0 Å². The van der Waals surface area contributed by atoms with Crippen LogP contribution in [0.3, 0.4) is 0 Å². The van der Waals surface area contributed by atoms with E-state index in [2.05, 4.69) is 20.4 Å². The van der Waals surface area contributed by atoms with Crippen LogP contribution in [-0.2, 0) is 0 Å². The minimum absolute atomic E-state index is 0.455. The van der Waals surface area contributed by atoms with Crippen LogP contribution >= 0.6 is 0 Å². The summed E-state index contributed by atoms with van der Waals surface area (Å²) in [6.07, 6.45) is 3.16. The number of hydrogen-bond donors (Lipinski definition) is 1. The molecule has 0 fully saturated rings. The van der Waals surface area contributed by atoms with E-state index in [0.717, 1.165) is 0 Å². The number of nitrogens with zero attached hydrogens (tertiary/aromatic N) is 3. The Hall–Kier alpha value is -1.65. The van der Waals surface area contributed by atoms with E-state index in [1.54, 1.807) is 19.4 Å². The van der Waals surface area contributed by atoms with Gasteiger partial charge in [0.15, 0.2) is 11.3 Å². The van der Waals surface area contributed by atoms with Crippen molar-refractivity contribution in [1.29, 1.82) is 0 Å². The first kappa shape index (κ1) is 6.09. The zero-order valence-corrected chi connectivity index (χ0v) is 5.90. The highest BCUT2D eigenvalue weighted by molar-refractivity contribution is 5.80. The van der Waals surface area contributed by atoms with Crippen molar-refractivity contribution in [2.24, 2.45) is 0 Å². The summed E-state index contributed by atoms with van der Waals surface area (Å²) >= 11 is 0. The summed E-state index contributed by atoms with van der Waals surface area (Å²) in [4.78, 5) is 7.95. The SMILES string of the molecule is CNc1noc2nccnc12. The van der Waals surface area contributed by atoms with Gasteiger partial charge >= 0.3 is 0 Å². The van der Waals surface area contributed by atoms with Crippen molar-refractivity contribution in [3.05, 3.63) is 12.4 Å². The molecule has 0 saturated heterocycles. The van der Waals surface area contributed by atoms with Gasteiger partial charge in [-0.3, -0.25) is 0 Å². The maximum absolute atomic E-state index is 4.85. The third-order valence-corrected chi connectivity index (χ3v) is 1.35. The lowest BCUT2D eigenvalue weighted by Crippen LogP contribution is -1.88. The predicted molar refractivity (Wildman–Crippen MR) is 39.1 cm³/mol. The number of anilines is 1. The molecule has 5 nitrogen and oxygen atoms in total. The number of nitrogens with one attached hydrogen (secondary N) is 1. The van der Waals surface area contributed by atoms with Gasteiger partial charge in [-0.15, -0.1) is 0 Å². The highest BCUT2D eigenvalue weighted by Crippen LogP contribution is 2.15. The Morgan fingerprint density at radius 3 is 3.00 bits per heavy atom. The van der Waals surface area contributed by atoms with Gasteiger partial charge in [0.25, 0.3) is 5.71 Å². The zero-order valence-electron chi connectivity index (χ0n) is 5.90. The Morgan fingerprint density at radius 2 is 2.18 bits per heavy atom. The van der Waals surface area contributed by atoms with E-state index in [-0.39, 0.29) is 0 Å². The highest BCUT2D eigenvalue weighted by Gasteiger charge is 2.06. The Kier molecular flexibility index (Phi) is 1.21. The summed E-state index contributed by atoms with van der Waals surface area (Å²) in [5.74, 6) is 0.619. The maximum Gasteiger partial charge on any atom is 0.278 e. The topological polar surface area (TPSA) is 63.8 Å². The van der Waals surface area contributed by atoms with Gasteiger partial charge in [0, 0.05) is 19.4 Å². The average Bonchev–Trinajstić information content (AvgIpc) is 2.47.